The third kappa shape index (κ3) is 7.57. The molecule has 12 nitrogen and oxygen atoms in total. The van der Waals surface area contributed by atoms with Crippen molar-refractivity contribution in [3.05, 3.63) is 111 Å². The molecule has 4 N–H and O–H groups in total. The Morgan fingerprint density at radius 3 is 2.06 bits per heavy atom. The number of fused-ring (bicyclic) bond motifs is 2. The van der Waals surface area contributed by atoms with Crippen molar-refractivity contribution in [3.63, 3.8) is 0 Å². The standard InChI is InChI=1S/C39H44FN9O3/c1-4-42-36(51)28-10-16-33-26(19-28)8-9-27-20-29(37(52)43-5-2)11-17-34(27)39(33,38-45-47-48-46-38)21-31(18-25-6-12-30(40)13-7-25)44-23-35(50)49(24(3)22-41)32-14-15-32/h6-7,10-13,16-17,19-20,24,31-32,44H,4-5,8-9,14-15,18,21,23H2,1-3H3,(H,42,51)(H,43,52)(H,45,46,47,48)/t24?,31-/m1/s1. The van der Waals surface area contributed by atoms with Crippen molar-refractivity contribution in [1.29, 1.82) is 5.26 Å². The number of aryl methyl sites for hydroxylation is 2. The topological polar surface area (TPSA) is 169 Å². The van der Waals surface area contributed by atoms with Gasteiger partial charge in [0.1, 0.15) is 11.9 Å². The van der Waals surface area contributed by atoms with Crippen molar-refractivity contribution in [2.75, 3.05) is 19.6 Å². The predicted octanol–water partition coefficient (Wildman–Crippen LogP) is 3.77. The molecule has 1 heterocycles. The Hall–Kier alpha value is -5.48. The molecule has 2 aliphatic rings. The first-order chi connectivity index (χ1) is 25.2. The molecule has 1 aromatic heterocycles. The number of benzene rings is 3. The first-order valence-electron chi connectivity index (χ1n) is 17.9. The van der Waals surface area contributed by atoms with Gasteiger partial charge in [0.25, 0.3) is 11.8 Å². The maximum Gasteiger partial charge on any atom is 0.251 e. The number of H-pyrrole nitrogens is 1. The fourth-order valence-corrected chi connectivity index (χ4v) is 7.53. The van der Waals surface area contributed by atoms with E-state index in [4.69, 9.17) is 0 Å². The number of tetrazole rings is 1. The zero-order valence-corrected chi connectivity index (χ0v) is 29.7. The molecule has 3 aromatic carbocycles. The Morgan fingerprint density at radius 1 is 0.962 bits per heavy atom. The van der Waals surface area contributed by atoms with Crippen LogP contribution in [0.3, 0.4) is 0 Å². The molecule has 3 amide bonds. The fraction of sp³-hybridized carbons (Fsp3) is 0.410. The van der Waals surface area contributed by atoms with E-state index in [9.17, 15) is 24.0 Å². The second-order valence-electron chi connectivity index (χ2n) is 13.6. The number of amides is 3. The summed E-state index contributed by atoms with van der Waals surface area (Å²) in [4.78, 5) is 41.5. The summed E-state index contributed by atoms with van der Waals surface area (Å²) < 4.78 is 14.1. The number of hydrogen-bond acceptors (Lipinski definition) is 8. The SMILES string of the molecule is CCNC(=O)c1ccc2c(c1)CCc1cc(C(=O)NCC)ccc1C2(C[C@@H](Cc1ccc(F)cc1)NCC(=O)N(C(C)C#N)C1CC1)c1nnn[nH]1. The summed E-state index contributed by atoms with van der Waals surface area (Å²) >= 11 is 0. The van der Waals surface area contributed by atoms with E-state index in [2.05, 4.69) is 42.6 Å². The van der Waals surface area contributed by atoms with Gasteiger partial charge in [-0.2, -0.15) is 5.26 Å². The molecule has 270 valence electrons. The van der Waals surface area contributed by atoms with Crippen LogP contribution in [0.4, 0.5) is 4.39 Å². The fourth-order valence-electron chi connectivity index (χ4n) is 7.53. The second kappa shape index (κ2) is 15.8. The Balaban J connectivity index is 1.50. The van der Waals surface area contributed by atoms with Crippen LogP contribution in [0.25, 0.3) is 0 Å². The van der Waals surface area contributed by atoms with Crippen LogP contribution in [-0.4, -0.2) is 81.0 Å². The summed E-state index contributed by atoms with van der Waals surface area (Å²) in [5.74, 6) is -0.424. The third-order valence-corrected chi connectivity index (χ3v) is 10.1. The summed E-state index contributed by atoms with van der Waals surface area (Å²) in [7, 11) is 0. The van der Waals surface area contributed by atoms with E-state index in [0.717, 1.165) is 40.7 Å². The van der Waals surface area contributed by atoms with Gasteiger partial charge in [0.2, 0.25) is 5.91 Å². The minimum absolute atomic E-state index is 0.0227. The number of carbonyl (C=O) groups is 3. The van der Waals surface area contributed by atoms with Crippen molar-refractivity contribution in [1.82, 2.24) is 41.5 Å². The van der Waals surface area contributed by atoms with E-state index >= 15 is 0 Å². The molecular weight excluding hydrogens is 661 g/mol. The molecule has 2 atom stereocenters. The minimum Gasteiger partial charge on any atom is -0.352 e. The molecular formula is C39H44FN9O3. The van der Waals surface area contributed by atoms with E-state index in [1.165, 1.54) is 12.1 Å². The minimum atomic E-state index is -1.04. The smallest absolute Gasteiger partial charge is 0.251 e. The largest absolute Gasteiger partial charge is 0.352 e. The molecule has 1 saturated carbocycles. The highest BCUT2D eigenvalue weighted by Gasteiger charge is 2.46. The van der Waals surface area contributed by atoms with Crippen LogP contribution >= 0.6 is 0 Å². The monoisotopic (exact) mass is 705 g/mol. The van der Waals surface area contributed by atoms with Gasteiger partial charge in [-0.1, -0.05) is 24.3 Å². The van der Waals surface area contributed by atoms with Crippen LogP contribution in [0.5, 0.6) is 0 Å². The summed E-state index contributed by atoms with van der Waals surface area (Å²) in [6.45, 7) is 6.43. The van der Waals surface area contributed by atoms with Gasteiger partial charge in [0.15, 0.2) is 5.82 Å². The average molecular weight is 706 g/mol. The molecule has 0 spiro atoms. The van der Waals surface area contributed by atoms with E-state index in [1.54, 1.807) is 36.1 Å². The summed E-state index contributed by atoms with van der Waals surface area (Å²) in [6.07, 6.45) is 3.65. The number of hydrogen-bond donors (Lipinski definition) is 4. The lowest BCUT2D eigenvalue weighted by atomic mass is 9.67. The second-order valence-corrected chi connectivity index (χ2v) is 13.6. The average Bonchev–Trinajstić information content (AvgIpc) is 3.85. The highest BCUT2D eigenvalue weighted by Crippen LogP contribution is 2.47. The van der Waals surface area contributed by atoms with E-state index < -0.39 is 17.5 Å². The van der Waals surface area contributed by atoms with Crippen LogP contribution in [0.2, 0.25) is 0 Å². The van der Waals surface area contributed by atoms with Gasteiger partial charge in [-0.05, 0) is 134 Å². The summed E-state index contributed by atoms with van der Waals surface area (Å²) in [6, 6.07) is 18.9. The van der Waals surface area contributed by atoms with Crippen molar-refractivity contribution >= 4 is 17.7 Å². The molecule has 1 unspecified atom stereocenters. The van der Waals surface area contributed by atoms with E-state index in [-0.39, 0.29) is 36.1 Å². The molecule has 0 radical (unpaired) electrons. The lowest BCUT2D eigenvalue weighted by molar-refractivity contribution is -0.132. The Labute approximate surface area is 302 Å². The van der Waals surface area contributed by atoms with E-state index in [0.29, 0.717) is 55.7 Å². The molecule has 1 fully saturated rings. The van der Waals surface area contributed by atoms with Crippen LogP contribution in [0.1, 0.15) is 94.4 Å². The molecule has 0 saturated heterocycles. The van der Waals surface area contributed by atoms with Crippen LogP contribution in [-0.2, 0) is 29.5 Å². The zero-order valence-electron chi connectivity index (χ0n) is 29.7. The first-order valence-corrected chi connectivity index (χ1v) is 17.9. The molecule has 0 aliphatic heterocycles. The van der Waals surface area contributed by atoms with Gasteiger partial charge < -0.3 is 20.9 Å². The Morgan fingerprint density at radius 2 is 1.56 bits per heavy atom. The summed E-state index contributed by atoms with van der Waals surface area (Å²) in [5, 5.41) is 34.6. The molecule has 13 heteroatoms. The number of aromatic amines is 1. The van der Waals surface area contributed by atoms with Gasteiger partial charge in [-0.3, -0.25) is 14.4 Å². The highest BCUT2D eigenvalue weighted by atomic mass is 19.1. The van der Waals surface area contributed by atoms with Crippen molar-refractivity contribution in [2.45, 2.75) is 82.8 Å². The molecule has 2 aliphatic carbocycles. The number of nitriles is 1. The number of nitrogens with one attached hydrogen (secondary N) is 4. The number of rotatable bonds is 14. The molecule has 4 aromatic rings. The summed E-state index contributed by atoms with van der Waals surface area (Å²) in [5.41, 5.74) is 4.49. The molecule has 0 bridgehead atoms. The van der Waals surface area contributed by atoms with Crippen LogP contribution < -0.4 is 16.0 Å². The molecule has 6 rings (SSSR count). The van der Waals surface area contributed by atoms with Gasteiger partial charge in [-0.15, -0.1) is 5.10 Å². The van der Waals surface area contributed by atoms with Gasteiger partial charge in [0, 0.05) is 36.3 Å². The van der Waals surface area contributed by atoms with Gasteiger partial charge in [0.05, 0.1) is 18.0 Å². The van der Waals surface area contributed by atoms with Crippen molar-refractivity contribution < 1.29 is 18.8 Å². The van der Waals surface area contributed by atoms with Crippen LogP contribution in [0, 0.1) is 17.1 Å². The van der Waals surface area contributed by atoms with Crippen molar-refractivity contribution in [2.24, 2.45) is 0 Å². The quantitative estimate of drug-likeness (QED) is 0.154. The van der Waals surface area contributed by atoms with Crippen molar-refractivity contribution in [3.8, 4) is 6.07 Å². The normalized spacial score (nSPS) is 15.6. The number of nitrogens with zero attached hydrogens (tertiary/aromatic N) is 5. The van der Waals surface area contributed by atoms with E-state index in [1.807, 2.05) is 38.1 Å². The number of halogens is 1. The lowest BCUT2D eigenvalue weighted by Gasteiger charge is -2.38. The predicted molar refractivity (Wildman–Crippen MR) is 192 cm³/mol. The number of aromatic nitrogens is 4. The Kier molecular flexibility index (Phi) is 11.0. The maximum absolute atomic E-state index is 14.1. The highest BCUT2D eigenvalue weighted by molar-refractivity contribution is 5.95. The van der Waals surface area contributed by atoms with Gasteiger partial charge in [-0.25, -0.2) is 9.49 Å². The van der Waals surface area contributed by atoms with Gasteiger partial charge >= 0.3 is 0 Å². The Bertz CT molecular complexity index is 1880. The maximum atomic E-state index is 14.1. The first kappa shape index (κ1) is 36.3. The molecule has 52 heavy (non-hydrogen) atoms. The number of carbonyl (C=O) groups excluding carboxylic acids is 3. The lowest BCUT2D eigenvalue weighted by Crippen LogP contribution is -2.48. The zero-order chi connectivity index (χ0) is 36.8. The van der Waals surface area contributed by atoms with Crippen LogP contribution in [0.15, 0.2) is 60.7 Å². The third-order valence-electron chi connectivity index (χ3n) is 10.1.